The van der Waals surface area contributed by atoms with Gasteiger partial charge in [-0.3, -0.25) is 9.59 Å². The van der Waals surface area contributed by atoms with Crippen molar-refractivity contribution in [3.63, 3.8) is 0 Å². The van der Waals surface area contributed by atoms with Gasteiger partial charge in [0.2, 0.25) is 5.91 Å². The smallest absolute Gasteiger partial charge is 0.408 e. The van der Waals surface area contributed by atoms with Crippen molar-refractivity contribution in [1.29, 1.82) is 0 Å². The lowest BCUT2D eigenvalue weighted by Crippen LogP contribution is -2.42. The van der Waals surface area contributed by atoms with E-state index in [0.717, 1.165) is 22.3 Å². The first-order valence-electron chi connectivity index (χ1n) is 11.6. The minimum Gasteiger partial charge on any atom is -0.481 e. The Morgan fingerprint density at radius 1 is 0.886 bits per heavy atom. The summed E-state index contributed by atoms with van der Waals surface area (Å²) in [4.78, 5) is 36.6. The van der Waals surface area contributed by atoms with Crippen molar-refractivity contribution < 1.29 is 24.2 Å². The number of nitrogens with one attached hydrogen (secondary N) is 2. The number of hydrogen-bond donors (Lipinski definition) is 3. The highest BCUT2D eigenvalue weighted by Gasteiger charge is 2.30. The third-order valence-corrected chi connectivity index (χ3v) is 6.15. The van der Waals surface area contributed by atoms with Crippen LogP contribution >= 0.6 is 0 Å². The largest absolute Gasteiger partial charge is 0.481 e. The first-order chi connectivity index (χ1) is 16.9. The number of ether oxygens (including phenoxy) is 1. The van der Waals surface area contributed by atoms with Gasteiger partial charge < -0.3 is 20.5 Å². The summed E-state index contributed by atoms with van der Waals surface area (Å²) < 4.78 is 5.61. The summed E-state index contributed by atoms with van der Waals surface area (Å²) in [7, 11) is 0. The number of hydrogen-bond acceptors (Lipinski definition) is 4. The molecule has 180 valence electrons. The number of amides is 2. The molecule has 0 radical (unpaired) electrons. The Labute approximate surface area is 204 Å². The predicted molar refractivity (Wildman–Crippen MR) is 132 cm³/mol. The standard InChI is InChI=1S/C28H28N2O5/c1-18(15-25(31)32)16-29-27(33)26(19-9-3-2-4-10-19)30-28(34)35-17-24-22-13-7-5-11-20(22)21-12-6-8-14-23(21)24/h2-14,18,24,26H,15-17H2,1H3,(H,29,33)(H,30,34)(H,31,32). The highest BCUT2D eigenvalue weighted by atomic mass is 16.5. The lowest BCUT2D eigenvalue weighted by atomic mass is 9.98. The monoisotopic (exact) mass is 472 g/mol. The fraction of sp³-hybridized carbons (Fsp3) is 0.250. The summed E-state index contributed by atoms with van der Waals surface area (Å²) >= 11 is 0. The minimum atomic E-state index is -0.969. The van der Waals surface area contributed by atoms with Crippen molar-refractivity contribution in [3.8, 4) is 11.1 Å². The minimum absolute atomic E-state index is 0.0594. The third-order valence-electron chi connectivity index (χ3n) is 6.15. The van der Waals surface area contributed by atoms with Gasteiger partial charge in [-0.2, -0.15) is 0 Å². The average molecular weight is 473 g/mol. The van der Waals surface area contributed by atoms with Crippen molar-refractivity contribution in [2.75, 3.05) is 13.2 Å². The van der Waals surface area contributed by atoms with Crippen LogP contribution in [0.25, 0.3) is 11.1 Å². The van der Waals surface area contributed by atoms with Crippen LogP contribution in [0.2, 0.25) is 0 Å². The van der Waals surface area contributed by atoms with E-state index >= 15 is 0 Å². The molecule has 4 rings (SSSR count). The fourth-order valence-corrected chi connectivity index (χ4v) is 4.45. The van der Waals surface area contributed by atoms with E-state index in [2.05, 4.69) is 22.8 Å². The Balaban J connectivity index is 1.43. The molecule has 7 heteroatoms. The van der Waals surface area contributed by atoms with Crippen LogP contribution in [-0.4, -0.2) is 36.2 Å². The van der Waals surface area contributed by atoms with E-state index in [-0.39, 0.29) is 31.4 Å². The van der Waals surface area contributed by atoms with Gasteiger partial charge in [0.1, 0.15) is 12.6 Å². The number of rotatable bonds is 9. The van der Waals surface area contributed by atoms with Crippen molar-refractivity contribution in [2.45, 2.75) is 25.3 Å². The Hall–Kier alpha value is -4.13. The molecule has 0 bridgehead atoms. The highest BCUT2D eigenvalue weighted by Crippen LogP contribution is 2.44. The maximum absolute atomic E-state index is 12.9. The molecule has 3 N–H and O–H groups in total. The van der Waals surface area contributed by atoms with Gasteiger partial charge in [-0.1, -0.05) is 85.8 Å². The van der Waals surface area contributed by atoms with E-state index in [0.29, 0.717) is 5.56 Å². The Bertz CT molecular complexity index is 1170. The molecule has 1 aliphatic carbocycles. The van der Waals surface area contributed by atoms with Gasteiger partial charge in [0.05, 0.1) is 0 Å². The summed E-state index contributed by atoms with van der Waals surface area (Å²) in [6.07, 6.45) is -0.759. The second-order valence-electron chi connectivity index (χ2n) is 8.76. The zero-order valence-electron chi connectivity index (χ0n) is 19.4. The van der Waals surface area contributed by atoms with Crippen LogP contribution in [0.1, 0.15) is 42.0 Å². The summed E-state index contributed by atoms with van der Waals surface area (Å²) in [5.74, 6) is -1.69. The van der Waals surface area contributed by atoms with Gasteiger partial charge in [-0.05, 0) is 33.7 Å². The molecule has 0 saturated heterocycles. The molecule has 0 saturated carbocycles. The number of carbonyl (C=O) groups is 3. The predicted octanol–water partition coefficient (Wildman–Crippen LogP) is 4.49. The number of benzene rings is 3. The van der Waals surface area contributed by atoms with Crippen molar-refractivity contribution in [1.82, 2.24) is 10.6 Å². The molecule has 2 unspecified atom stereocenters. The average Bonchev–Trinajstić information content (AvgIpc) is 3.18. The van der Waals surface area contributed by atoms with Crippen LogP contribution in [0.4, 0.5) is 4.79 Å². The Morgan fingerprint density at radius 3 is 2.06 bits per heavy atom. The normalized spacial score (nSPS) is 13.7. The molecule has 35 heavy (non-hydrogen) atoms. The van der Waals surface area contributed by atoms with Crippen LogP contribution in [0.5, 0.6) is 0 Å². The lowest BCUT2D eigenvalue weighted by molar-refractivity contribution is -0.138. The van der Waals surface area contributed by atoms with Gasteiger partial charge in [0.15, 0.2) is 0 Å². The molecule has 0 spiro atoms. The molecule has 2 amide bonds. The molecule has 0 fully saturated rings. The number of aliphatic carboxylic acids is 1. The third kappa shape index (κ3) is 5.69. The summed E-state index contributed by atoms with van der Waals surface area (Å²) in [6.45, 7) is 2.06. The van der Waals surface area contributed by atoms with Crippen LogP contribution in [0.3, 0.4) is 0 Å². The zero-order chi connectivity index (χ0) is 24.8. The van der Waals surface area contributed by atoms with Crippen LogP contribution in [0.15, 0.2) is 78.9 Å². The molecule has 7 nitrogen and oxygen atoms in total. The van der Waals surface area contributed by atoms with Gasteiger partial charge >= 0.3 is 12.1 Å². The van der Waals surface area contributed by atoms with Gasteiger partial charge in [-0.25, -0.2) is 4.79 Å². The number of fused-ring (bicyclic) bond motifs is 3. The maximum atomic E-state index is 12.9. The number of carboxylic acids is 1. The molecular formula is C28H28N2O5. The summed E-state index contributed by atoms with van der Waals surface area (Å²) in [5.41, 5.74) is 5.07. The van der Waals surface area contributed by atoms with E-state index in [1.807, 2.05) is 42.5 Å². The van der Waals surface area contributed by atoms with Crippen LogP contribution in [0, 0.1) is 5.92 Å². The van der Waals surface area contributed by atoms with E-state index in [9.17, 15) is 14.4 Å². The molecule has 2 atom stereocenters. The number of carboxylic acid groups (broad SMARTS) is 1. The first kappa shape index (κ1) is 24.0. The second-order valence-corrected chi connectivity index (χ2v) is 8.76. The second kappa shape index (κ2) is 10.9. The fourth-order valence-electron chi connectivity index (χ4n) is 4.45. The summed E-state index contributed by atoms with van der Waals surface area (Å²) in [5, 5.41) is 14.4. The molecule has 0 aromatic heterocycles. The van der Waals surface area contributed by atoms with Gasteiger partial charge in [0, 0.05) is 18.9 Å². The van der Waals surface area contributed by atoms with Crippen molar-refractivity contribution in [3.05, 3.63) is 95.6 Å². The first-order valence-corrected chi connectivity index (χ1v) is 11.6. The Morgan fingerprint density at radius 2 is 1.46 bits per heavy atom. The van der Waals surface area contributed by atoms with E-state index in [1.54, 1.807) is 31.2 Å². The topological polar surface area (TPSA) is 105 Å². The quantitative estimate of drug-likeness (QED) is 0.426. The van der Waals surface area contributed by atoms with E-state index in [4.69, 9.17) is 9.84 Å². The van der Waals surface area contributed by atoms with Crippen molar-refractivity contribution in [2.24, 2.45) is 5.92 Å². The lowest BCUT2D eigenvalue weighted by Gasteiger charge is -2.21. The highest BCUT2D eigenvalue weighted by molar-refractivity contribution is 5.87. The van der Waals surface area contributed by atoms with Gasteiger partial charge in [0.25, 0.3) is 0 Å². The van der Waals surface area contributed by atoms with Crippen LogP contribution < -0.4 is 10.6 Å². The maximum Gasteiger partial charge on any atom is 0.408 e. The number of carbonyl (C=O) groups excluding carboxylic acids is 2. The van der Waals surface area contributed by atoms with Crippen molar-refractivity contribution >= 4 is 18.0 Å². The summed E-state index contributed by atoms with van der Waals surface area (Å²) in [6, 6.07) is 24.0. The van der Waals surface area contributed by atoms with E-state index < -0.39 is 24.0 Å². The van der Waals surface area contributed by atoms with Crippen LogP contribution in [-0.2, 0) is 14.3 Å². The molecular weight excluding hydrogens is 444 g/mol. The Kier molecular flexibility index (Phi) is 7.45. The molecule has 1 aliphatic rings. The molecule has 0 heterocycles. The molecule has 3 aromatic carbocycles. The zero-order valence-corrected chi connectivity index (χ0v) is 19.4. The number of alkyl carbamates (subject to hydrolysis) is 1. The molecule has 3 aromatic rings. The van der Waals surface area contributed by atoms with E-state index in [1.165, 1.54) is 0 Å². The SMILES string of the molecule is CC(CNC(=O)C(NC(=O)OCC1c2ccccc2-c2ccccc21)c1ccccc1)CC(=O)O. The van der Waals surface area contributed by atoms with Gasteiger partial charge in [-0.15, -0.1) is 0 Å². The molecule has 0 aliphatic heterocycles.